The second-order valence-corrected chi connectivity index (χ2v) is 6.39. The molecule has 1 heterocycles. The summed E-state index contributed by atoms with van der Waals surface area (Å²) in [5.41, 5.74) is 1.95. The van der Waals surface area contributed by atoms with Crippen LogP contribution >= 0.6 is 24.0 Å². The second kappa shape index (κ2) is 10.9. The first-order chi connectivity index (χ1) is 13.2. The highest BCUT2D eigenvalue weighted by Gasteiger charge is 2.31. The van der Waals surface area contributed by atoms with Gasteiger partial charge in [0, 0.05) is 30.8 Å². The second-order valence-electron chi connectivity index (χ2n) is 6.39. The summed E-state index contributed by atoms with van der Waals surface area (Å²) >= 11 is 0. The van der Waals surface area contributed by atoms with E-state index in [0.29, 0.717) is 25.5 Å². The van der Waals surface area contributed by atoms with Crippen molar-refractivity contribution in [3.05, 3.63) is 60.2 Å². The molecule has 2 aromatic carbocycles. The normalized spacial score (nSPS) is 16.5. The summed E-state index contributed by atoms with van der Waals surface area (Å²) in [6, 6.07) is 17.6. The number of anilines is 1. The number of ether oxygens (including phenoxy) is 1. The van der Waals surface area contributed by atoms with Crippen molar-refractivity contribution in [2.75, 3.05) is 25.1 Å². The lowest BCUT2D eigenvalue weighted by Crippen LogP contribution is -2.44. The maximum absolute atomic E-state index is 12.4. The van der Waals surface area contributed by atoms with Crippen molar-refractivity contribution in [2.24, 2.45) is 4.99 Å². The van der Waals surface area contributed by atoms with Crippen molar-refractivity contribution in [1.82, 2.24) is 10.6 Å². The highest BCUT2D eigenvalue weighted by atomic mass is 127. The minimum Gasteiger partial charge on any atom is -0.496 e. The zero-order valence-electron chi connectivity index (χ0n) is 16.2. The van der Waals surface area contributed by atoms with Crippen LogP contribution in [0.5, 0.6) is 5.75 Å². The molecule has 1 aliphatic heterocycles. The molecule has 1 aliphatic rings. The quantitative estimate of drug-likeness (QED) is 0.368. The Balaban J connectivity index is 0.00000280. The molecule has 1 unspecified atom stereocenters. The van der Waals surface area contributed by atoms with E-state index in [2.05, 4.69) is 15.6 Å². The Kier molecular flexibility index (Phi) is 8.56. The van der Waals surface area contributed by atoms with Crippen LogP contribution in [0.2, 0.25) is 0 Å². The zero-order valence-corrected chi connectivity index (χ0v) is 18.6. The standard InChI is InChI=1S/C21H26N4O2.HI/c1-3-22-21(23-14-16-9-7-8-12-19(16)27-2)24-17-13-20(26)25(15-17)18-10-5-4-6-11-18;/h4-12,17H,3,13-15H2,1-2H3,(H2,22,23,24);1H. The van der Waals surface area contributed by atoms with Gasteiger partial charge in [-0.3, -0.25) is 4.79 Å². The number of rotatable bonds is 6. The van der Waals surface area contributed by atoms with Gasteiger partial charge < -0.3 is 20.3 Å². The van der Waals surface area contributed by atoms with Crippen molar-refractivity contribution in [3.8, 4) is 5.75 Å². The lowest BCUT2D eigenvalue weighted by molar-refractivity contribution is -0.117. The number of nitrogens with zero attached hydrogens (tertiary/aromatic N) is 2. The third-order valence-electron chi connectivity index (χ3n) is 4.48. The van der Waals surface area contributed by atoms with Crippen molar-refractivity contribution >= 4 is 41.5 Å². The van der Waals surface area contributed by atoms with Crippen LogP contribution in [-0.2, 0) is 11.3 Å². The number of aliphatic imine (C=N–C) groups is 1. The van der Waals surface area contributed by atoms with Gasteiger partial charge in [0.1, 0.15) is 5.75 Å². The highest BCUT2D eigenvalue weighted by molar-refractivity contribution is 14.0. The van der Waals surface area contributed by atoms with Gasteiger partial charge in [-0.25, -0.2) is 4.99 Å². The fraction of sp³-hybridized carbons (Fsp3) is 0.333. The summed E-state index contributed by atoms with van der Waals surface area (Å²) in [7, 11) is 1.66. The fourth-order valence-electron chi connectivity index (χ4n) is 3.17. The van der Waals surface area contributed by atoms with E-state index in [1.807, 2.05) is 66.4 Å². The molecule has 2 N–H and O–H groups in total. The summed E-state index contributed by atoms with van der Waals surface area (Å²) < 4.78 is 5.39. The molecule has 0 aromatic heterocycles. The minimum atomic E-state index is 0. The molecule has 0 spiro atoms. The molecule has 0 aliphatic carbocycles. The molecular weight excluding hydrogens is 467 g/mol. The molecule has 150 valence electrons. The zero-order chi connectivity index (χ0) is 19.1. The van der Waals surface area contributed by atoms with Crippen molar-refractivity contribution < 1.29 is 9.53 Å². The maximum Gasteiger partial charge on any atom is 0.229 e. The van der Waals surface area contributed by atoms with Gasteiger partial charge in [0.05, 0.1) is 19.7 Å². The third kappa shape index (κ3) is 5.60. The van der Waals surface area contributed by atoms with Gasteiger partial charge in [0.2, 0.25) is 5.91 Å². The number of benzene rings is 2. The van der Waals surface area contributed by atoms with E-state index in [9.17, 15) is 4.79 Å². The number of hydrogen-bond donors (Lipinski definition) is 2. The average Bonchev–Trinajstić information content (AvgIpc) is 3.07. The molecule has 6 nitrogen and oxygen atoms in total. The van der Waals surface area contributed by atoms with Crippen LogP contribution in [-0.4, -0.2) is 38.1 Å². The molecule has 2 aromatic rings. The van der Waals surface area contributed by atoms with Crippen LogP contribution in [0.25, 0.3) is 0 Å². The summed E-state index contributed by atoms with van der Waals surface area (Å²) in [6.45, 7) is 3.90. The predicted octanol–water partition coefficient (Wildman–Crippen LogP) is 3.17. The molecule has 3 rings (SSSR count). The summed E-state index contributed by atoms with van der Waals surface area (Å²) in [5, 5.41) is 6.65. The minimum absolute atomic E-state index is 0. The molecule has 1 atom stereocenters. The Morgan fingerprint density at radius 2 is 1.89 bits per heavy atom. The van der Waals surface area contributed by atoms with Gasteiger partial charge in [-0.05, 0) is 25.1 Å². The Morgan fingerprint density at radius 3 is 2.61 bits per heavy atom. The Labute approximate surface area is 183 Å². The topological polar surface area (TPSA) is 66.0 Å². The van der Waals surface area contributed by atoms with Crippen LogP contribution in [0.15, 0.2) is 59.6 Å². The van der Waals surface area contributed by atoms with Gasteiger partial charge >= 0.3 is 0 Å². The molecule has 1 amide bonds. The van der Waals surface area contributed by atoms with Crippen LogP contribution in [0, 0.1) is 0 Å². The smallest absolute Gasteiger partial charge is 0.229 e. The van der Waals surface area contributed by atoms with E-state index >= 15 is 0 Å². The number of methoxy groups -OCH3 is 1. The first-order valence-electron chi connectivity index (χ1n) is 9.23. The van der Waals surface area contributed by atoms with Gasteiger partial charge in [-0.15, -0.1) is 24.0 Å². The number of guanidine groups is 1. The van der Waals surface area contributed by atoms with Gasteiger partial charge in [0.25, 0.3) is 0 Å². The number of hydrogen-bond acceptors (Lipinski definition) is 3. The molecule has 0 bridgehead atoms. The number of nitrogens with one attached hydrogen (secondary N) is 2. The molecule has 1 fully saturated rings. The third-order valence-corrected chi connectivity index (χ3v) is 4.48. The molecule has 1 saturated heterocycles. The summed E-state index contributed by atoms with van der Waals surface area (Å²) in [4.78, 5) is 18.9. The molecule has 28 heavy (non-hydrogen) atoms. The van der Waals surface area contributed by atoms with Crippen LogP contribution in [0.3, 0.4) is 0 Å². The molecule has 0 saturated carbocycles. The van der Waals surface area contributed by atoms with Gasteiger partial charge in [-0.2, -0.15) is 0 Å². The van der Waals surface area contributed by atoms with Crippen molar-refractivity contribution in [3.63, 3.8) is 0 Å². The van der Waals surface area contributed by atoms with Crippen LogP contribution in [0.4, 0.5) is 5.69 Å². The van der Waals surface area contributed by atoms with Crippen molar-refractivity contribution in [1.29, 1.82) is 0 Å². The van der Waals surface area contributed by atoms with Crippen molar-refractivity contribution in [2.45, 2.75) is 25.9 Å². The van der Waals surface area contributed by atoms with E-state index in [1.165, 1.54) is 0 Å². The van der Waals surface area contributed by atoms with E-state index in [1.54, 1.807) is 7.11 Å². The number of amides is 1. The Bertz CT molecular complexity index is 798. The van der Waals surface area contributed by atoms with E-state index in [0.717, 1.165) is 23.5 Å². The van der Waals surface area contributed by atoms with Gasteiger partial charge in [-0.1, -0.05) is 36.4 Å². The monoisotopic (exact) mass is 494 g/mol. The van der Waals surface area contributed by atoms with Crippen LogP contribution < -0.4 is 20.3 Å². The average molecular weight is 494 g/mol. The Hall–Kier alpha value is -2.29. The number of carbonyl (C=O) groups is 1. The maximum atomic E-state index is 12.4. The molecule has 7 heteroatoms. The predicted molar refractivity (Wildman–Crippen MR) is 124 cm³/mol. The largest absolute Gasteiger partial charge is 0.496 e. The summed E-state index contributed by atoms with van der Waals surface area (Å²) in [6.07, 6.45) is 0.452. The fourth-order valence-corrected chi connectivity index (χ4v) is 3.17. The molecule has 0 radical (unpaired) electrons. The van der Waals surface area contributed by atoms with E-state index < -0.39 is 0 Å². The first kappa shape index (κ1) is 22.0. The summed E-state index contributed by atoms with van der Waals surface area (Å²) in [5.74, 6) is 1.65. The number of carbonyl (C=O) groups excluding carboxylic acids is 1. The van der Waals surface area contributed by atoms with Crippen LogP contribution in [0.1, 0.15) is 18.9 Å². The van der Waals surface area contributed by atoms with E-state index in [-0.39, 0.29) is 35.9 Å². The van der Waals surface area contributed by atoms with Gasteiger partial charge in [0.15, 0.2) is 5.96 Å². The number of halogens is 1. The SMILES string of the molecule is CCNC(=NCc1ccccc1OC)NC1CC(=O)N(c2ccccc2)C1.I. The lowest BCUT2D eigenvalue weighted by atomic mass is 10.2. The lowest BCUT2D eigenvalue weighted by Gasteiger charge is -2.19. The number of para-hydroxylation sites is 2. The first-order valence-corrected chi connectivity index (χ1v) is 9.23. The van der Waals surface area contributed by atoms with E-state index in [4.69, 9.17) is 4.74 Å². The Morgan fingerprint density at radius 1 is 1.18 bits per heavy atom. The molecular formula is C21H27IN4O2. The highest BCUT2D eigenvalue weighted by Crippen LogP contribution is 2.21.